The van der Waals surface area contributed by atoms with Crippen LogP contribution in [0.15, 0.2) is 88.7 Å². The molecule has 0 fully saturated rings. The predicted octanol–water partition coefficient (Wildman–Crippen LogP) is 4.69. The van der Waals surface area contributed by atoms with Crippen LogP contribution in [0, 0.1) is 5.82 Å². The van der Waals surface area contributed by atoms with E-state index >= 15 is 0 Å². The van der Waals surface area contributed by atoms with Gasteiger partial charge < -0.3 is 14.6 Å². The number of hydrogen-bond acceptors (Lipinski definition) is 4. The summed E-state index contributed by atoms with van der Waals surface area (Å²) in [6, 6.07) is 14.9. The summed E-state index contributed by atoms with van der Waals surface area (Å²) in [6.07, 6.45) is -4.20. The van der Waals surface area contributed by atoms with Crippen LogP contribution >= 0.6 is 0 Å². The van der Waals surface area contributed by atoms with E-state index < -0.39 is 46.5 Å². The molecule has 0 aliphatic carbocycles. The summed E-state index contributed by atoms with van der Waals surface area (Å²) in [5.74, 6) is -4.83. The van der Waals surface area contributed by atoms with Crippen LogP contribution in [-0.4, -0.2) is 40.8 Å². The first-order valence-electron chi connectivity index (χ1n) is 10.9. The summed E-state index contributed by atoms with van der Waals surface area (Å²) in [4.78, 5) is 40.5. The number of nitrogens with zero attached hydrogens (tertiary/aromatic N) is 1. The van der Waals surface area contributed by atoms with E-state index in [0.717, 1.165) is 17.2 Å². The van der Waals surface area contributed by atoms with Gasteiger partial charge in [0, 0.05) is 17.8 Å². The lowest BCUT2D eigenvalue weighted by atomic mass is 9.84. The van der Waals surface area contributed by atoms with E-state index in [-0.39, 0.29) is 24.2 Å². The van der Waals surface area contributed by atoms with Gasteiger partial charge in [0.2, 0.25) is 5.54 Å². The van der Waals surface area contributed by atoms with Gasteiger partial charge in [0.15, 0.2) is 11.5 Å². The minimum atomic E-state index is -5.38. The number of allylic oxidation sites excluding steroid dienone is 1. The molecule has 0 saturated carbocycles. The lowest BCUT2D eigenvalue weighted by Crippen LogP contribution is -2.66. The first kappa shape index (κ1) is 24.9. The third-order valence-electron chi connectivity index (χ3n) is 5.98. The van der Waals surface area contributed by atoms with Gasteiger partial charge in [-0.25, -0.2) is 4.39 Å². The molecule has 0 bridgehead atoms. The van der Waals surface area contributed by atoms with E-state index in [4.69, 9.17) is 4.42 Å². The van der Waals surface area contributed by atoms with Crippen LogP contribution in [0.5, 0.6) is 0 Å². The highest BCUT2D eigenvalue weighted by atomic mass is 19.4. The van der Waals surface area contributed by atoms with Crippen molar-refractivity contribution in [3.05, 3.63) is 107 Å². The van der Waals surface area contributed by atoms with Crippen LogP contribution in [0.4, 0.5) is 17.6 Å². The van der Waals surface area contributed by atoms with E-state index in [1.165, 1.54) is 61.5 Å². The number of carbonyl (C=O) groups is 3. The van der Waals surface area contributed by atoms with Crippen LogP contribution in [0.1, 0.15) is 33.4 Å². The molecule has 2 aromatic carbocycles. The third kappa shape index (κ3) is 4.30. The van der Waals surface area contributed by atoms with E-state index in [2.05, 4.69) is 0 Å². The molecule has 1 aliphatic heterocycles. The zero-order valence-corrected chi connectivity index (χ0v) is 18.9. The molecule has 0 saturated heterocycles. The van der Waals surface area contributed by atoms with Gasteiger partial charge in [-0.3, -0.25) is 14.4 Å². The quantitative estimate of drug-likeness (QED) is 0.377. The highest BCUT2D eigenvalue weighted by Crippen LogP contribution is 2.46. The zero-order valence-electron chi connectivity index (χ0n) is 18.9. The Labute approximate surface area is 203 Å². The lowest BCUT2D eigenvalue weighted by Gasteiger charge is -2.33. The van der Waals surface area contributed by atoms with Crippen LogP contribution < -0.4 is 5.32 Å². The molecule has 10 heteroatoms. The number of amides is 2. The van der Waals surface area contributed by atoms with Crippen molar-refractivity contribution < 1.29 is 36.4 Å². The molecule has 1 N–H and O–H groups in total. The number of furan rings is 1. The average molecular weight is 500 g/mol. The Kier molecular flexibility index (Phi) is 6.53. The van der Waals surface area contributed by atoms with Gasteiger partial charge in [-0.05, 0) is 43.2 Å². The fourth-order valence-corrected chi connectivity index (χ4v) is 4.19. The summed E-state index contributed by atoms with van der Waals surface area (Å²) in [5.41, 5.74) is -4.30. The minimum Gasteiger partial charge on any atom is -0.459 e. The Morgan fingerprint density at radius 1 is 1.00 bits per heavy atom. The van der Waals surface area contributed by atoms with Gasteiger partial charge in [0.25, 0.3) is 11.8 Å². The normalized spacial score (nSPS) is 18.0. The van der Waals surface area contributed by atoms with Crippen LogP contribution in [0.2, 0.25) is 0 Å². The summed E-state index contributed by atoms with van der Waals surface area (Å²) >= 11 is 0. The molecule has 2 amide bonds. The topological polar surface area (TPSA) is 79.6 Å². The van der Waals surface area contributed by atoms with Gasteiger partial charge in [-0.15, -0.1) is 0 Å². The number of ketones is 1. The number of rotatable bonds is 7. The number of benzene rings is 2. The summed E-state index contributed by atoms with van der Waals surface area (Å²) < 4.78 is 62.6. The SMILES string of the molecule is CC1=C(C(=O)c2ccccc2)[C@@](NC(=O)c2ccco2)(C(F)(F)F)C(=O)N1CCc1ccc(F)cc1. The number of nitrogens with one attached hydrogen (secondary N) is 1. The maximum Gasteiger partial charge on any atom is 0.425 e. The second-order valence-electron chi connectivity index (χ2n) is 8.17. The van der Waals surface area contributed by atoms with Gasteiger partial charge in [0.1, 0.15) is 5.82 Å². The largest absolute Gasteiger partial charge is 0.459 e. The van der Waals surface area contributed by atoms with Crippen molar-refractivity contribution in [1.29, 1.82) is 0 Å². The van der Waals surface area contributed by atoms with E-state index in [0.29, 0.717) is 5.56 Å². The zero-order chi connectivity index (χ0) is 26.1. The molecular formula is C26H20F4N2O4. The van der Waals surface area contributed by atoms with Gasteiger partial charge >= 0.3 is 6.18 Å². The number of Topliss-reactive ketones (excluding diaryl/α,β-unsaturated/α-hetero) is 1. The highest BCUT2D eigenvalue weighted by Gasteiger charge is 2.70. The molecule has 1 aliphatic rings. The van der Waals surface area contributed by atoms with Gasteiger partial charge in [-0.2, -0.15) is 13.2 Å². The van der Waals surface area contributed by atoms with Crippen molar-refractivity contribution >= 4 is 17.6 Å². The van der Waals surface area contributed by atoms with Crippen molar-refractivity contribution in [3.63, 3.8) is 0 Å². The Morgan fingerprint density at radius 3 is 2.25 bits per heavy atom. The van der Waals surface area contributed by atoms with Crippen LogP contribution in [-0.2, 0) is 11.2 Å². The Balaban J connectivity index is 1.81. The number of hydrogen-bond donors (Lipinski definition) is 1. The number of alkyl halides is 3. The minimum absolute atomic E-state index is 0.0796. The molecule has 2 heterocycles. The van der Waals surface area contributed by atoms with Crippen molar-refractivity contribution in [2.75, 3.05) is 6.54 Å². The standard InChI is InChI=1S/C26H20F4N2O4/c1-16-21(22(33)18-6-3-2-4-7-18)25(26(28,29)30,31-23(34)20-8-5-15-36-20)24(35)32(16)14-13-17-9-11-19(27)12-10-17/h2-12,15H,13-14H2,1H3,(H,31,34)/t25-/m0/s1. The van der Waals surface area contributed by atoms with Gasteiger partial charge in [-0.1, -0.05) is 42.5 Å². The van der Waals surface area contributed by atoms with E-state index in [1.807, 2.05) is 0 Å². The molecule has 0 spiro atoms. The first-order chi connectivity index (χ1) is 17.1. The molecule has 0 unspecified atom stereocenters. The monoisotopic (exact) mass is 500 g/mol. The van der Waals surface area contributed by atoms with Crippen molar-refractivity contribution in [3.8, 4) is 0 Å². The second kappa shape index (κ2) is 9.44. The van der Waals surface area contributed by atoms with Crippen LogP contribution in [0.3, 0.4) is 0 Å². The Hall–Kier alpha value is -4.21. The second-order valence-corrected chi connectivity index (χ2v) is 8.17. The molecule has 1 atom stereocenters. The Morgan fingerprint density at radius 2 is 1.67 bits per heavy atom. The third-order valence-corrected chi connectivity index (χ3v) is 5.98. The maximum absolute atomic E-state index is 14.8. The summed E-state index contributed by atoms with van der Waals surface area (Å²) in [6.45, 7) is 0.988. The molecule has 3 aromatic rings. The number of carbonyl (C=O) groups excluding carboxylic acids is 3. The molecule has 6 nitrogen and oxygen atoms in total. The van der Waals surface area contributed by atoms with Gasteiger partial charge in [0.05, 0.1) is 11.8 Å². The van der Waals surface area contributed by atoms with E-state index in [1.54, 1.807) is 11.4 Å². The van der Waals surface area contributed by atoms with E-state index in [9.17, 15) is 31.9 Å². The first-order valence-corrected chi connectivity index (χ1v) is 10.9. The molecule has 186 valence electrons. The van der Waals surface area contributed by atoms with Crippen LogP contribution in [0.25, 0.3) is 0 Å². The maximum atomic E-state index is 14.8. The van der Waals surface area contributed by atoms with Crippen molar-refractivity contribution in [2.45, 2.75) is 25.1 Å². The molecular weight excluding hydrogens is 480 g/mol. The Bertz CT molecular complexity index is 1320. The van der Waals surface area contributed by atoms with Crippen molar-refractivity contribution in [2.24, 2.45) is 0 Å². The fraction of sp³-hybridized carbons (Fsp3) is 0.192. The predicted molar refractivity (Wildman–Crippen MR) is 120 cm³/mol. The molecule has 1 aromatic heterocycles. The lowest BCUT2D eigenvalue weighted by molar-refractivity contribution is -0.189. The number of halogens is 4. The molecule has 0 radical (unpaired) electrons. The smallest absolute Gasteiger partial charge is 0.425 e. The average Bonchev–Trinajstić information content (AvgIpc) is 3.45. The highest BCUT2D eigenvalue weighted by molar-refractivity contribution is 6.19. The summed E-state index contributed by atoms with van der Waals surface area (Å²) in [5, 5.41) is 1.77. The fourth-order valence-electron chi connectivity index (χ4n) is 4.19. The molecule has 4 rings (SSSR count). The van der Waals surface area contributed by atoms with Crippen molar-refractivity contribution in [1.82, 2.24) is 10.2 Å². The molecule has 36 heavy (non-hydrogen) atoms. The summed E-state index contributed by atoms with van der Waals surface area (Å²) in [7, 11) is 0.